The highest BCUT2D eigenvalue weighted by atomic mass is 35.5. The van der Waals surface area contributed by atoms with E-state index >= 15 is 0 Å². The second-order valence-electron chi connectivity index (χ2n) is 5.91. The van der Waals surface area contributed by atoms with Gasteiger partial charge in [0.2, 0.25) is 19.7 Å². The Morgan fingerprint density at radius 2 is 1.24 bits per heavy atom. The molecule has 0 atom stereocenters. The molecule has 0 unspecified atom stereocenters. The van der Waals surface area contributed by atoms with Gasteiger partial charge in [-0.3, -0.25) is 0 Å². The molecule has 0 aliphatic heterocycles. The van der Waals surface area contributed by atoms with E-state index in [-0.39, 0.29) is 20.2 Å². The van der Waals surface area contributed by atoms with Gasteiger partial charge in [-0.05, 0) is 36.4 Å². The largest absolute Gasteiger partial charge is 0.465 e. The zero-order valence-electron chi connectivity index (χ0n) is 15.1. The third-order valence-electron chi connectivity index (χ3n) is 4.12. The molecule has 0 aliphatic carbocycles. The van der Waals surface area contributed by atoms with Crippen molar-refractivity contribution in [3.8, 4) is 0 Å². The molecule has 150 valence electrons. The van der Waals surface area contributed by atoms with Gasteiger partial charge in [0.1, 0.15) is 0 Å². The maximum atomic E-state index is 13.1. The molecule has 9 heteroatoms. The molecule has 0 amide bonds. The van der Waals surface area contributed by atoms with Gasteiger partial charge in [-0.1, -0.05) is 48.0 Å². The van der Waals surface area contributed by atoms with Crippen molar-refractivity contribution in [1.29, 1.82) is 0 Å². The van der Waals surface area contributed by atoms with E-state index in [1.165, 1.54) is 48.5 Å². The van der Waals surface area contributed by atoms with Crippen molar-refractivity contribution in [3.05, 3.63) is 83.4 Å². The van der Waals surface area contributed by atoms with E-state index in [9.17, 15) is 21.6 Å². The fourth-order valence-electron chi connectivity index (χ4n) is 2.64. The monoisotopic (exact) mass is 450 g/mol. The summed E-state index contributed by atoms with van der Waals surface area (Å²) in [6.07, 6.45) is 0. The van der Waals surface area contributed by atoms with E-state index in [1.54, 1.807) is 12.1 Å². The van der Waals surface area contributed by atoms with Crippen LogP contribution in [0.4, 0.5) is 0 Å². The minimum atomic E-state index is -4.20. The first-order chi connectivity index (χ1) is 13.7. The molecule has 0 heterocycles. The number of halogens is 1. The molecular weight excluding hydrogens is 436 g/mol. The van der Waals surface area contributed by atoms with Gasteiger partial charge in [-0.15, -0.1) is 0 Å². The molecule has 6 nitrogen and oxygen atoms in total. The quantitative estimate of drug-likeness (QED) is 0.549. The lowest BCUT2D eigenvalue weighted by atomic mass is 10.2. The van der Waals surface area contributed by atoms with Crippen LogP contribution in [0, 0.1) is 0 Å². The molecule has 3 aromatic carbocycles. The molecular formula is C20H15ClO6S2. The number of benzene rings is 3. The molecule has 0 fully saturated rings. The molecule has 0 spiro atoms. The SMILES string of the molecule is COC(=O)c1cc(S(=O)(=O)c2ccccc2)cc(S(=O)(=O)c2ccccc2)c1Cl. The Hall–Kier alpha value is -2.68. The second-order valence-corrected chi connectivity index (χ2v) is 10.2. The molecule has 0 saturated heterocycles. The van der Waals surface area contributed by atoms with E-state index in [1.807, 2.05) is 0 Å². The number of carbonyl (C=O) groups is 1. The molecule has 3 rings (SSSR count). The number of hydrogen-bond acceptors (Lipinski definition) is 6. The summed E-state index contributed by atoms with van der Waals surface area (Å²) in [4.78, 5) is 11.1. The molecule has 0 aromatic heterocycles. The zero-order valence-corrected chi connectivity index (χ0v) is 17.5. The van der Waals surface area contributed by atoms with E-state index < -0.39 is 35.6 Å². The van der Waals surface area contributed by atoms with Crippen molar-refractivity contribution in [2.24, 2.45) is 0 Å². The standard InChI is InChI=1S/C20H15ClO6S2/c1-27-20(22)17-12-16(28(23,24)14-8-4-2-5-9-14)13-18(19(17)21)29(25,26)15-10-6-3-7-11-15/h2-13H,1H3. The van der Waals surface area contributed by atoms with Crippen LogP contribution < -0.4 is 0 Å². The van der Waals surface area contributed by atoms with Crippen LogP contribution in [0.25, 0.3) is 0 Å². The lowest BCUT2D eigenvalue weighted by molar-refractivity contribution is 0.0600. The van der Waals surface area contributed by atoms with Crippen LogP contribution in [-0.2, 0) is 24.4 Å². The number of hydrogen-bond donors (Lipinski definition) is 0. The molecule has 0 saturated carbocycles. The van der Waals surface area contributed by atoms with Gasteiger partial charge < -0.3 is 4.74 Å². The minimum absolute atomic E-state index is 0.0544. The van der Waals surface area contributed by atoms with Gasteiger partial charge in [-0.25, -0.2) is 21.6 Å². The smallest absolute Gasteiger partial charge is 0.339 e. The van der Waals surface area contributed by atoms with Crippen LogP contribution in [0.1, 0.15) is 10.4 Å². The summed E-state index contributed by atoms with van der Waals surface area (Å²) in [6.45, 7) is 0. The number of ether oxygens (including phenoxy) is 1. The third kappa shape index (κ3) is 3.91. The Morgan fingerprint density at radius 1 is 0.759 bits per heavy atom. The van der Waals surface area contributed by atoms with Crippen molar-refractivity contribution in [2.75, 3.05) is 7.11 Å². The minimum Gasteiger partial charge on any atom is -0.465 e. The Balaban J connectivity index is 2.34. The van der Waals surface area contributed by atoms with E-state index in [2.05, 4.69) is 4.74 Å². The van der Waals surface area contributed by atoms with Crippen molar-refractivity contribution < 1.29 is 26.4 Å². The number of methoxy groups -OCH3 is 1. The zero-order chi connectivity index (χ0) is 21.2. The summed E-state index contributed by atoms with van der Waals surface area (Å²) in [6, 6.07) is 16.8. The van der Waals surface area contributed by atoms with Gasteiger partial charge in [-0.2, -0.15) is 0 Å². The summed E-state index contributed by atoms with van der Waals surface area (Å²) in [5.41, 5.74) is -0.360. The predicted molar refractivity (Wildman–Crippen MR) is 107 cm³/mol. The molecule has 0 bridgehead atoms. The Labute approximate surface area is 173 Å². The first kappa shape index (κ1) is 21.0. The van der Waals surface area contributed by atoms with Crippen LogP contribution in [-0.4, -0.2) is 29.9 Å². The van der Waals surface area contributed by atoms with Crippen molar-refractivity contribution >= 4 is 37.2 Å². The first-order valence-electron chi connectivity index (χ1n) is 8.21. The summed E-state index contributed by atoms with van der Waals surface area (Å²) < 4.78 is 56.9. The van der Waals surface area contributed by atoms with Gasteiger partial charge in [0.25, 0.3) is 0 Å². The highest BCUT2D eigenvalue weighted by Gasteiger charge is 2.29. The number of rotatable bonds is 5. The predicted octanol–water partition coefficient (Wildman–Crippen LogP) is 3.79. The maximum Gasteiger partial charge on any atom is 0.339 e. The van der Waals surface area contributed by atoms with E-state index in [4.69, 9.17) is 11.6 Å². The highest BCUT2D eigenvalue weighted by molar-refractivity contribution is 7.92. The third-order valence-corrected chi connectivity index (χ3v) is 8.19. The topological polar surface area (TPSA) is 94.6 Å². The second kappa shape index (κ2) is 7.98. The average molecular weight is 451 g/mol. The number of carbonyl (C=O) groups excluding carboxylic acids is 1. The van der Waals surface area contributed by atoms with Gasteiger partial charge in [0.15, 0.2) is 0 Å². The van der Waals surface area contributed by atoms with Crippen molar-refractivity contribution in [1.82, 2.24) is 0 Å². The lowest BCUT2D eigenvalue weighted by Gasteiger charge is -2.13. The molecule has 29 heavy (non-hydrogen) atoms. The van der Waals surface area contributed by atoms with Crippen molar-refractivity contribution in [2.45, 2.75) is 19.6 Å². The summed E-state index contributed by atoms with van der Waals surface area (Å²) >= 11 is 6.21. The summed E-state index contributed by atoms with van der Waals surface area (Å²) in [5, 5.41) is -0.410. The van der Waals surface area contributed by atoms with Crippen molar-refractivity contribution in [3.63, 3.8) is 0 Å². The van der Waals surface area contributed by atoms with Gasteiger partial charge in [0, 0.05) is 0 Å². The van der Waals surface area contributed by atoms with E-state index in [0.29, 0.717) is 0 Å². The molecule has 0 radical (unpaired) electrons. The summed E-state index contributed by atoms with van der Waals surface area (Å²) in [5.74, 6) is -0.954. The molecule has 0 aliphatic rings. The Kier molecular flexibility index (Phi) is 5.79. The highest BCUT2D eigenvalue weighted by Crippen LogP contribution is 2.35. The Bertz CT molecular complexity index is 1270. The number of esters is 1. The normalized spacial score (nSPS) is 11.8. The Morgan fingerprint density at radius 3 is 1.72 bits per heavy atom. The van der Waals surface area contributed by atoms with Crippen LogP contribution in [0.15, 0.2) is 92.4 Å². The lowest BCUT2D eigenvalue weighted by Crippen LogP contribution is -2.12. The van der Waals surface area contributed by atoms with Gasteiger partial charge in [0.05, 0.1) is 37.3 Å². The van der Waals surface area contributed by atoms with Crippen LogP contribution in [0.3, 0.4) is 0 Å². The average Bonchev–Trinajstić information content (AvgIpc) is 2.74. The summed E-state index contributed by atoms with van der Waals surface area (Å²) in [7, 11) is -7.23. The van der Waals surface area contributed by atoms with Crippen LogP contribution in [0.5, 0.6) is 0 Å². The van der Waals surface area contributed by atoms with Crippen LogP contribution >= 0.6 is 11.6 Å². The van der Waals surface area contributed by atoms with Crippen LogP contribution in [0.2, 0.25) is 5.02 Å². The maximum absolute atomic E-state index is 13.1. The fraction of sp³-hybridized carbons (Fsp3) is 0.0500. The molecule has 0 N–H and O–H groups in total. The molecule has 3 aromatic rings. The first-order valence-corrected chi connectivity index (χ1v) is 11.6. The van der Waals surface area contributed by atoms with Gasteiger partial charge >= 0.3 is 5.97 Å². The number of sulfone groups is 2. The fourth-order valence-corrected chi connectivity index (χ4v) is 5.94. The van der Waals surface area contributed by atoms with E-state index in [0.717, 1.165) is 19.2 Å².